The highest BCUT2D eigenvalue weighted by atomic mass is 79.9. The van der Waals surface area contributed by atoms with Crippen LogP contribution in [0.3, 0.4) is 0 Å². The van der Waals surface area contributed by atoms with E-state index in [1.807, 2.05) is 0 Å². The number of hydrogen-bond acceptors (Lipinski definition) is 6. The van der Waals surface area contributed by atoms with Crippen LogP contribution in [0, 0.1) is 0 Å². The zero-order valence-electron chi connectivity index (χ0n) is 8.78. The molecule has 0 saturated carbocycles. The third-order valence-electron chi connectivity index (χ3n) is 2.63. The summed E-state index contributed by atoms with van der Waals surface area (Å²) in [6, 6.07) is 0. The van der Waals surface area contributed by atoms with Crippen LogP contribution in [0.4, 0.5) is 5.82 Å². The van der Waals surface area contributed by atoms with E-state index in [4.69, 9.17) is 15.6 Å². The Bertz CT molecular complexity index is 478. The largest absolute Gasteiger partial charge is 0.394 e. The van der Waals surface area contributed by atoms with Gasteiger partial charge >= 0.3 is 5.69 Å². The molecule has 0 spiro atoms. The van der Waals surface area contributed by atoms with Crippen molar-refractivity contribution in [2.24, 2.45) is 0 Å². The lowest BCUT2D eigenvalue weighted by Gasteiger charge is -2.14. The Kier molecular flexibility index (Phi) is 3.48. The lowest BCUT2D eigenvalue weighted by atomic mass is 10.2. The van der Waals surface area contributed by atoms with Gasteiger partial charge in [-0.1, -0.05) is 0 Å². The Morgan fingerprint density at radius 2 is 2.41 bits per heavy atom. The second-order valence-corrected chi connectivity index (χ2v) is 4.63. The number of hydrogen-bond donors (Lipinski definition) is 3. The minimum absolute atomic E-state index is 0.100. The number of aliphatic hydroxyl groups is 2. The predicted octanol–water partition coefficient (Wildman–Crippen LogP) is -0.771. The maximum atomic E-state index is 11.6. The number of anilines is 1. The molecule has 2 heterocycles. The number of ether oxygens (including phenoxy) is 1. The number of rotatable bonds is 2. The summed E-state index contributed by atoms with van der Waals surface area (Å²) in [5.74, 6) is 0.100. The summed E-state index contributed by atoms with van der Waals surface area (Å²) in [7, 11) is 0. The average molecular weight is 306 g/mol. The van der Waals surface area contributed by atoms with E-state index in [0.29, 0.717) is 4.47 Å². The molecule has 0 aromatic carbocycles. The van der Waals surface area contributed by atoms with Gasteiger partial charge in [0.05, 0.1) is 17.2 Å². The van der Waals surface area contributed by atoms with Crippen LogP contribution >= 0.6 is 15.9 Å². The van der Waals surface area contributed by atoms with Gasteiger partial charge in [0, 0.05) is 12.6 Å². The second kappa shape index (κ2) is 4.73. The monoisotopic (exact) mass is 305 g/mol. The summed E-state index contributed by atoms with van der Waals surface area (Å²) in [5.41, 5.74) is 4.91. The molecule has 1 aliphatic heterocycles. The van der Waals surface area contributed by atoms with Crippen LogP contribution in [0.2, 0.25) is 0 Å². The van der Waals surface area contributed by atoms with Gasteiger partial charge in [0.25, 0.3) is 0 Å². The summed E-state index contributed by atoms with van der Waals surface area (Å²) < 4.78 is 7.06. The Morgan fingerprint density at radius 1 is 1.71 bits per heavy atom. The molecular weight excluding hydrogens is 294 g/mol. The van der Waals surface area contributed by atoms with Crippen LogP contribution in [0.5, 0.6) is 0 Å². The summed E-state index contributed by atoms with van der Waals surface area (Å²) in [4.78, 5) is 15.2. The predicted molar refractivity (Wildman–Crippen MR) is 62.2 cm³/mol. The van der Waals surface area contributed by atoms with Crippen molar-refractivity contribution in [2.75, 3.05) is 12.3 Å². The highest BCUT2D eigenvalue weighted by Crippen LogP contribution is 2.28. The highest BCUT2D eigenvalue weighted by Gasteiger charge is 2.35. The number of aliphatic hydroxyl groups excluding tert-OH is 2. The normalized spacial score (nSPS) is 28.5. The van der Waals surface area contributed by atoms with Crippen LogP contribution < -0.4 is 11.4 Å². The maximum Gasteiger partial charge on any atom is 0.351 e. The summed E-state index contributed by atoms with van der Waals surface area (Å²) >= 11 is 3.16. The van der Waals surface area contributed by atoms with Gasteiger partial charge in [-0.3, -0.25) is 4.57 Å². The first-order valence-electron chi connectivity index (χ1n) is 5.01. The molecule has 8 heteroatoms. The lowest BCUT2D eigenvalue weighted by Crippen LogP contribution is -2.28. The van der Waals surface area contributed by atoms with Gasteiger partial charge < -0.3 is 20.7 Å². The third-order valence-corrected chi connectivity index (χ3v) is 3.24. The molecule has 0 bridgehead atoms. The zero-order chi connectivity index (χ0) is 12.6. The maximum absolute atomic E-state index is 11.6. The standard InChI is InChI=1S/C9H12BrN3O4/c10-4-2-13(9(16)12-8(4)11)7-1-5(15)6(3-14)17-7/h2,5-7,14-15H,1,3H2,(H2,11,12,16)/t5-,6+,7+/m1/s1. The quantitative estimate of drug-likeness (QED) is 0.662. The minimum Gasteiger partial charge on any atom is -0.394 e. The number of aromatic nitrogens is 2. The fourth-order valence-corrected chi connectivity index (χ4v) is 2.02. The second-order valence-electron chi connectivity index (χ2n) is 3.78. The first kappa shape index (κ1) is 12.5. The molecule has 3 atom stereocenters. The molecular formula is C9H12BrN3O4. The summed E-state index contributed by atoms with van der Waals surface area (Å²) in [5, 5.41) is 18.5. The topological polar surface area (TPSA) is 111 Å². The van der Waals surface area contributed by atoms with Crippen LogP contribution in [-0.4, -0.2) is 38.6 Å². The number of halogens is 1. The molecule has 0 amide bonds. The van der Waals surface area contributed by atoms with Crippen LogP contribution in [0.15, 0.2) is 15.5 Å². The molecule has 7 nitrogen and oxygen atoms in total. The van der Waals surface area contributed by atoms with Crippen molar-refractivity contribution in [3.63, 3.8) is 0 Å². The van der Waals surface area contributed by atoms with E-state index in [1.54, 1.807) is 0 Å². The van der Waals surface area contributed by atoms with E-state index >= 15 is 0 Å². The number of nitrogens with two attached hydrogens (primary N) is 1. The summed E-state index contributed by atoms with van der Waals surface area (Å²) in [6.07, 6.45) is -0.430. The van der Waals surface area contributed by atoms with Gasteiger partial charge in [-0.2, -0.15) is 4.98 Å². The molecule has 0 aliphatic carbocycles. The number of nitrogen functional groups attached to an aromatic ring is 1. The SMILES string of the molecule is Nc1nc(=O)n([C@@H]2C[C@@H](O)[C@H](CO)O2)cc1Br. The van der Waals surface area contributed by atoms with E-state index in [1.165, 1.54) is 10.8 Å². The van der Waals surface area contributed by atoms with E-state index < -0.39 is 24.1 Å². The van der Waals surface area contributed by atoms with E-state index in [0.717, 1.165) is 0 Å². The Hall–Kier alpha value is -0.960. The van der Waals surface area contributed by atoms with Crippen molar-refractivity contribution in [1.82, 2.24) is 9.55 Å². The van der Waals surface area contributed by atoms with Crippen LogP contribution in [-0.2, 0) is 4.74 Å². The van der Waals surface area contributed by atoms with Crippen molar-refractivity contribution < 1.29 is 14.9 Å². The molecule has 0 radical (unpaired) electrons. The molecule has 2 rings (SSSR count). The summed E-state index contributed by atoms with van der Waals surface area (Å²) in [6.45, 7) is -0.296. The van der Waals surface area contributed by atoms with Gasteiger partial charge in [-0.05, 0) is 15.9 Å². The first-order chi connectivity index (χ1) is 8.02. The fraction of sp³-hybridized carbons (Fsp3) is 0.556. The van der Waals surface area contributed by atoms with E-state index in [-0.39, 0.29) is 18.8 Å². The minimum atomic E-state index is -0.798. The molecule has 1 saturated heterocycles. The van der Waals surface area contributed by atoms with Crippen molar-refractivity contribution in [1.29, 1.82) is 0 Å². The van der Waals surface area contributed by atoms with Crippen molar-refractivity contribution in [3.05, 3.63) is 21.2 Å². The fourth-order valence-electron chi connectivity index (χ4n) is 1.71. The van der Waals surface area contributed by atoms with Crippen molar-refractivity contribution >= 4 is 21.7 Å². The smallest absolute Gasteiger partial charge is 0.351 e. The van der Waals surface area contributed by atoms with Gasteiger partial charge in [0.15, 0.2) is 0 Å². The van der Waals surface area contributed by atoms with Crippen LogP contribution in [0.25, 0.3) is 0 Å². The zero-order valence-corrected chi connectivity index (χ0v) is 10.4. The van der Waals surface area contributed by atoms with Gasteiger partial charge in [-0.25, -0.2) is 4.79 Å². The van der Waals surface area contributed by atoms with Crippen LogP contribution in [0.1, 0.15) is 12.6 Å². The first-order valence-corrected chi connectivity index (χ1v) is 5.80. The van der Waals surface area contributed by atoms with E-state index in [9.17, 15) is 9.90 Å². The highest BCUT2D eigenvalue weighted by molar-refractivity contribution is 9.10. The van der Waals surface area contributed by atoms with Crippen molar-refractivity contribution in [3.8, 4) is 0 Å². The van der Waals surface area contributed by atoms with Crippen molar-refractivity contribution in [2.45, 2.75) is 24.9 Å². The molecule has 1 aromatic heterocycles. The molecule has 1 fully saturated rings. The van der Waals surface area contributed by atoms with Gasteiger partial charge in [0.1, 0.15) is 18.1 Å². The molecule has 1 aliphatic rings. The van der Waals surface area contributed by atoms with E-state index in [2.05, 4.69) is 20.9 Å². The third kappa shape index (κ3) is 2.34. The Morgan fingerprint density at radius 3 is 3.00 bits per heavy atom. The lowest BCUT2D eigenvalue weighted by molar-refractivity contribution is -0.0459. The van der Waals surface area contributed by atoms with Gasteiger partial charge in [-0.15, -0.1) is 0 Å². The average Bonchev–Trinajstić information content (AvgIpc) is 2.65. The molecule has 4 N–H and O–H groups in total. The Labute approximate surface area is 105 Å². The number of nitrogens with zero attached hydrogens (tertiary/aromatic N) is 2. The molecule has 0 unspecified atom stereocenters. The molecule has 17 heavy (non-hydrogen) atoms. The Balaban J connectivity index is 2.30. The molecule has 1 aromatic rings. The molecule has 94 valence electrons. The van der Waals surface area contributed by atoms with Gasteiger partial charge in [0.2, 0.25) is 0 Å².